The number of aromatic nitrogens is 6. The van der Waals surface area contributed by atoms with Crippen molar-refractivity contribution in [2.24, 2.45) is 0 Å². The standard InChI is InChI=1S/C11H7BrClN7/c12-7-1-3-8(4-2-7)16-10-17-9(13)18-11(19-10)20-6-14-5-15-20/h1-6H,(H,16,17,18,19). The van der Waals surface area contributed by atoms with Gasteiger partial charge in [-0.3, -0.25) is 0 Å². The second kappa shape index (κ2) is 5.51. The number of rotatable bonds is 3. The quantitative estimate of drug-likeness (QED) is 0.780. The van der Waals surface area contributed by atoms with Crippen LogP contribution in [0.4, 0.5) is 11.6 Å². The van der Waals surface area contributed by atoms with Crippen LogP contribution < -0.4 is 5.32 Å². The lowest BCUT2D eigenvalue weighted by Crippen LogP contribution is -2.06. The Balaban J connectivity index is 1.92. The molecule has 0 atom stereocenters. The normalized spacial score (nSPS) is 10.5. The highest BCUT2D eigenvalue weighted by Crippen LogP contribution is 2.18. The Bertz CT molecular complexity index is 714. The van der Waals surface area contributed by atoms with Crippen molar-refractivity contribution in [1.29, 1.82) is 0 Å². The lowest BCUT2D eigenvalue weighted by Gasteiger charge is -2.06. The summed E-state index contributed by atoms with van der Waals surface area (Å²) in [6.07, 6.45) is 2.87. The molecule has 7 nitrogen and oxygen atoms in total. The van der Waals surface area contributed by atoms with Crippen LogP contribution in [0.1, 0.15) is 0 Å². The first kappa shape index (κ1) is 12.9. The van der Waals surface area contributed by atoms with E-state index in [2.05, 4.69) is 46.3 Å². The SMILES string of the molecule is Clc1nc(Nc2ccc(Br)cc2)nc(-n2cncn2)n1. The lowest BCUT2D eigenvalue weighted by molar-refractivity contribution is 0.796. The summed E-state index contributed by atoms with van der Waals surface area (Å²) in [5.41, 5.74) is 0.833. The number of benzene rings is 1. The van der Waals surface area contributed by atoms with Gasteiger partial charge in [-0.05, 0) is 35.9 Å². The van der Waals surface area contributed by atoms with Crippen LogP contribution >= 0.6 is 27.5 Å². The van der Waals surface area contributed by atoms with Crippen molar-refractivity contribution >= 4 is 39.2 Å². The number of hydrogen-bond acceptors (Lipinski definition) is 6. The number of nitrogens with zero attached hydrogens (tertiary/aromatic N) is 6. The molecule has 3 aromatic rings. The van der Waals surface area contributed by atoms with Crippen molar-refractivity contribution in [3.63, 3.8) is 0 Å². The van der Waals surface area contributed by atoms with Gasteiger partial charge in [-0.15, -0.1) is 0 Å². The molecule has 0 spiro atoms. The van der Waals surface area contributed by atoms with Gasteiger partial charge in [0.15, 0.2) is 0 Å². The summed E-state index contributed by atoms with van der Waals surface area (Å²) in [7, 11) is 0. The van der Waals surface area contributed by atoms with E-state index in [9.17, 15) is 0 Å². The van der Waals surface area contributed by atoms with Gasteiger partial charge in [-0.2, -0.15) is 24.7 Å². The van der Waals surface area contributed by atoms with Crippen molar-refractivity contribution in [2.45, 2.75) is 0 Å². The van der Waals surface area contributed by atoms with Crippen LogP contribution in [0.25, 0.3) is 5.95 Å². The highest BCUT2D eigenvalue weighted by Gasteiger charge is 2.07. The van der Waals surface area contributed by atoms with Gasteiger partial charge in [0, 0.05) is 10.2 Å². The van der Waals surface area contributed by atoms with Gasteiger partial charge in [0.05, 0.1) is 0 Å². The second-order valence-corrected chi connectivity index (χ2v) is 4.95. The average molecular weight is 353 g/mol. The van der Waals surface area contributed by atoms with Crippen LogP contribution in [0.5, 0.6) is 0 Å². The van der Waals surface area contributed by atoms with Crippen molar-refractivity contribution < 1.29 is 0 Å². The van der Waals surface area contributed by atoms with Crippen LogP contribution in [0.15, 0.2) is 41.4 Å². The fourth-order valence-electron chi connectivity index (χ4n) is 1.47. The maximum absolute atomic E-state index is 5.89. The Labute approximate surface area is 127 Å². The summed E-state index contributed by atoms with van der Waals surface area (Å²) >= 11 is 9.26. The predicted molar refractivity (Wildman–Crippen MR) is 77.2 cm³/mol. The number of anilines is 2. The first-order valence-corrected chi connectivity index (χ1v) is 6.67. The molecule has 0 aliphatic rings. The zero-order valence-electron chi connectivity index (χ0n) is 9.90. The van der Waals surface area contributed by atoms with Gasteiger partial charge in [0.25, 0.3) is 5.95 Å². The van der Waals surface area contributed by atoms with Crippen LogP contribution in [0.3, 0.4) is 0 Å². The van der Waals surface area contributed by atoms with E-state index in [0.29, 0.717) is 11.9 Å². The number of halogens is 2. The number of nitrogens with one attached hydrogen (secondary N) is 1. The molecule has 0 bridgehead atoms. The molecule has 0 amide bonds. The minimum Gasteiger partial charge on any atom is -0.324 e. The van der Waals surface area contributed by atoms with Crippen LogP contribution in [-0.2, 0) is 0 Å². The van der Waals surface area contributed by atoms with E-state index >= 15 is 0 Å². The Morgan fingerprint density at radius 3 is 2.60 bits per heavy atom. The highest BCUT2D eigenvalue weighted by atomic mass is 79.9. The molecule has 0 saturated heterocycles. The molecular formula is C11H7BrClN7. The molecule has 20 heavy (non-hydrogen) atoms. The Morgan fingerprint density at radius 2 is 1.90 bits per heavy atom. The molecule has 0 radical (unpaired) electrons. The first-order chi connectivity index (χ1) is 9.70. The molecule has 0 unspecified atom stereocenters. The van der Waals surface area contributed by atoms with E-state index in [-0.39, 0.29) is 5.28 Å². The predicted octanol–water partition coefficient (Wildman–Crippen LogP) is 2.61. The molecule has 0 saturated carbocycles. The van der Waals surface area contributed by atoms with E-state index in [1.54, 1.807) is 0 Å². The van der Waals surface area contributed by atoms with Gasteiger partial charge in [-0.25, -0.2) is 4.98 Å². The molecule has 9 heteroatoms. The molecule has 0 fully saturated rings. The van der Waals surface area contributed by atoms with E-state index < -0.39 is 0 Å². The van der Waals surface area contributed by atoms with Crippen molar-refractivity contribution in [3.05, 3.63) is 46.7 Å². The van der Waals surface area contributed by atoms with Crippen LogP contribution in [-0.4, -0.2) is 29.7 Å². The Kier molecular flexibility index (Phi) is 3.57. The van der Waals surface area contributed by atoms with Crippen LogP contribution in [0, 0.1) is 0 Å². The molecule has 0 aliphatic carbocycles. The monoisotopic (exact) mass is 351 g/mol. The molecular weight excluding hydrogens is 346 g/mol. The van der Waals surface area contributed by atoms with E-state index in [1.807, 2.05) is 24.3 Å². The smallest absolute Gasteiger partial charge is 0.258 e. The molecule has 100 valence electrons. The van der Waals surface area contributed by atoms with Gasteiger partial charge < -0.3 is 5.32 Å². The van der Waals surface area contributed by atoms with Gasteiger partial charge in [0.2, 0.25) is 11.2 Å². The molecule has 1 aromatic carbocycles. The molecule has 2 heterocycles. The fourth-order valence-corrected chi connectivity index (χ4v) is 1.89. The topological polar surface area (TPSA) is 81.4 Å². The van der Waals surface area contributed by atoms with E-state index in [4.69, 9.17) is 11.6 Å². The van der Waals surface area contributed by atoms with Crippen molar-refractivity contribution in [3.8, 4) is 5.95 Å². The molecule has 1 N–H and O–H groups in total. The largest absolute Gasteiger partial charge is 0.324 e. The minimum absolute atomic E-state index is 0.0742. The first-order valence-electron chi connectivity index (χ1n) is 5.50. The van der Waals surface area contributed by atoms with Gasteiger partial charge in [0.1, 0.15) is 12.7 Å². The third kappa shape index (κ3) is 2.91. The molecule has 2 aromatic heterocycles. The van der Waals surface area contributed by atoms with Crippen molar-refractivity contribution in [2.75, 3.05) is 5.32 Å². The fraction of sp³-hybridized carbons (Fsp3) is 0. The lowest BCUT2D eigenvalue weighted by atomic mass is 10.3. The van der Waals surface area contributed by atoms with Gasteiger partial charge in [-0.1, -0.05) is 15.9 Å². The third-order valence-electron chi connectivity index (χ3n) is 2.32. The summed E-state index contributed by atoms with van der Waals surface area (Å²) < 4.78 is 2.39. The average Bonchev–Trinajstić information content (AvgIpc) is 2.95. The van der Waals surface area contributed by atoms with E-state index in [1.165, 1.54) is 17.3 Å². The van der Waals surface area contributed by atoms with Crippen LogP contribution in [0.2, 0.25) is 5.28 Å². The van der Waals surface area contributed by atoms with Crippen molar-refractivity contribution in [1.82, 2.24) is 29.7 Å². The maximum atomic E-state index is 5.89. The second-order valence-electron chi connectivity index (χ2n) is 3.70. The Morgan fingerprint density at radius 1 is 1.10 bits per heavy atom. The Hall–Kier alpha value is -2.06. The summed E-state index contributed by atoms with van der Waals surface area (Å²) in [5, 5.41) is 7.07. The zero-order chi connectivity index (χ0) is 13.9. The van der Waals surface area contributed by atoms with Gasteiger partial charge >= 0.3 is 0 Å². The molecule has 3 rings (SSSR count). The summed E-state index contributed by atoms with van der Waals surface area (Å²) in [6, 6.07) is 7.58. The minimum atomic E-state index is 0.0742. The maximum Gasteiger partial charge on any atom is 0.258 e. The summed E-state index contributed by atoms with van der Waals surface area (Å²) in [6.45, 7) is 0. The number of hydrogen-bond donors (Lipinski definition) is 1. The highest BCUT2D eigenvalue weighted by molar-refractivity contribution is 9.10. The molecule has 0 aliphatic heterocycles. The summed E-state index contributed by atoms with van der Waals surface area (Å²) in [4.78, 5) is 16.1. The zero-order valence-corrected chi connectivity index (χ0v) is 12.2. The third-order valence-corrected chi connectivity index (χ3v) is 3.02. The van der Waals surface area contributed by atoms with E-state index in [0.717, 1.165) is 10.2 Å². The summed E-state index contributed by atoms with van der Waals surface area (Å²) in [5.74, 6) is 0.625.